The third-order valence-electron chi connectivity index (χ3n) is 13.7. The minimum atomic E-state index is -0.925. The number of hydrogen-bond donors (Lipinski definition) is 9. The van der Waals surface area contributed by atoms with Crippen LogP contribution >= 0.6 is 23.2 Å². The summed E-state index contributed by atoms with van der Waals surface area (Å²) in [6.45, 7) is 12.0. The predicted octanol–water partition coefficient (Wildman–Crippen LogP) is 9.75. The van der Waals surface area contributed by atoms with E-state index in [4.69, 9.17) is 23.2 Å². The number of anilines is 3. The number of H-pyrrole nitrogens is 3. The van der Waals surface area contributed by atoms with Gasteiger partial charge in [-0.05, 0) is 95.7 Å². The first-order valence-electron chi connectivity index (χ1n) is 26.2. The molecule has 0 spiro atoms. The SMILES string of the molecule is CCCNC(=O)C1(Nc2ccnc(-c3c[nH]c4ncc(F)cc34)n2)CCC1.CCNC(=O)[C@@](C)(CC)Nc1ccnc(-c2c[nH]c3ncc(Cl)cc23)n1.CC[C@@](C)(Nc1ccnc(-c2c[nH]c3ncc(Cl)cc23)n1)C(=O)NCCF. The zero-order chi connectivity index (χ0) is 57.0. The lowest BCUT2D eigenvalue weighted by atomic mass is 9.76. The second-order valence-electron chi connectivity index (χ2n) is 19.3. The molecule has 3 amide bonds. The lowest BCUT2D eigenvalue weighted by molar-refractivity contribution is -0.128. The fourth-order valence-corrected chi connectivity index (χ4v) is 8.96. The number of carbonyl (C=O) groups excluding carboxylic acids is 3. The van der Waals surface area contributed by atoms with Gasteiger partial charge in [-0.15, -0.1) is 0 Å². The Morgan fingerprint density at radius 1 is 0.613 bits per heavy atom. The van der Waals surface area contributed by atoms with E-state index in [1.807, 2.05) is 40.7 Å². The third kappa shape index (κ3) is 13.2. The summed E-state index contributed by atoms with van der Waals surface area (Å²) >= 11 is 12.1. The second-order valence-corrected chi connectivity index (χ2v) is 20.2. The third-order valence-corrected chi connectivity index (χ3v) is 14.1. The minimum Gasteiger partial charge on any atom is -0.356 e. The number of hydrogen-bond acceptors (Lipinski definition) is 15. The van der Waals surface area contributed by atoms with Crippen LogP contribution in [0.1, 0.15) is 80.1 Å². The van der Waals surface area contributed by atoms with Crippen molar-refractivity contribution in [3.05, 3.63) is 108 Å². The number of rotatable bonds is 19. The molecule has 418 valence electrons. The van der Waals surface area contributed by atoms with Gasteiger partial charge in [-0.3, -0.25) is 14.4 Å². The lowest BCUT2D eigenvalue weighted by Gasteiger charge is -2.41. The topological polar surface area (TPSA) is 287 Å². The molecule has 1 fully saturated rings. The summed E-state index contributed by atoms with van der Waals surface area (Å²) in [6, 6.07) is 10.2. The van der Waals surface area contributed by atoms with Crippen LogP contribution in [0.4, 0.5) is 26.2 Å². The largest absolute Gasteiger partial charge is 0.356 e. The van der Waals surface area contributed by atoms with E-state index in [1.165, 1.54) is 6.07 Å². The minimum absolute atomic E-state index is 0.00845. The fourth-order valence-electron chi connectivity index (χ4n) is 8.64. The van der Waals surface area contributed by atoms with Gasteiger partial charge in [0.15, 0.2) is 17.5 Å². The number of alkyl halides is 1. The zero-order valence-corrected chi connectivity index (χ0v) is 46.5. The van der Waals surface area contributed by atoms with E-state index < -0.39 is 29.1 Å². The van der Waals surface area contributed by atoms with Crippen LogP contribution in [-0.2, 0) is 14.4 Å². The van der Waals surface area contributed by atoms with Gasteiger partial charge >= 0.3 is 0 Å². The van der Waals surface area contributed by atoms with Gasteiger partial charge in [-0.1, -0.05) is 44.0 Å². The van der Waals surface area contributed by atoms with Crippen molar-refractivity contribution in [2.24, 2.45) is 0 Å². The fraction of sp³-hybridized carbons (Fsp3) is 0.345. The maximum absolute atomic E-state index is 13.6. The molecule has 1 aliphatic rings. The van der Waals surface area contributed by atoms with Crippen molar-refractivity contribution in [2.75, 3.05) is 42.3 Å². The average Bonchev–Trinajstić information content (AvgIpc) is 4.23. The first kappa shape index (κ1) is 57.7. The number of halogens is 4. The molecule has 9 N–H and O–H groups in total. The number of amides is 3. The molecular formula is C55H62Cl2F2N18O3. The molecule has 0 saturated heterocycles. The van der Waals surface area contributed by atoms with Crippen LogP contribution in [0.25, 0.3) is 67.3 Å². The maximum atomic E-state index is 13.6. The predicted molar refractivity (Wildman–Crippen MR) is 307 cm³/mol. The van der Waals surface area contributed by atoms with Crippen LogP contribution in [0.15, 0.2) is 92.2 Å². The molecule has 2 atom stereocenters. The van der Waals surface area contributed by atoms with Crippen molar-refractivity contribution >= 4 is 91.5 Å². The highest BCUT2D eigenvalue weighted by Crippen LogP contribution is 2.36. The van der Waals surface area contributed by atoms with Gasteiger partial charge in [-0.25, -0.2) is 53.6 Å². The van der Waals surface area contributed by atoms with Crippen molar-refractivity contribution < 1.29 is 23.2 Å². The van der Waals surface area contributed by atoms with Gasteiger partial charge in [0.25, 0.3) is 0 Å². The molecule has 0 bridgehead atoms. The Morgan fingerprint density at radius 3 is 1.50 bits per heavy atom. The first-order valence-corrected chi connectivity index (χ1v) is 26.9. The van der Waals surface area contributed by atoms with Gasteiger partial charge in [-0.2, -0.15) is 0 Å². The molecule has 9 heterocycles. The van der Waals surface area contributed by atoms with Crippen LogP contribution in [0, 0.1) is 5.82 Å². The normalized spacial score (nSPS) is 14.0. The molecule has 80 heavy (non-hydrogen) atoms. The van der Waals surface area contributed by atoms with Gasteiger partial charge in [0.05, 0.1) is 16.2 Å². The molecule has 0 aliphatic heterocycles. The van der Waals surface area contributed by atoms with E-state index in [1.54, 1.807) is 80.8 Å². The number of nitrogens with zero attached hydrogens (tertiary/aromatic N) is 9. The number of aromatic amines is 3. The second kappa shape index (κ2) is 25.6. The first-order chi connectivity index (χ1) is 38.5. The van der Waals surface area contributed by atoms with Crippen LogP contribution in [0.3, 0.4) is 0 Å². The molecule has 0 radical (unpaired) electrons. The Hall–Kier alpha value is -8.44. The smallest absolute Gasteiger partial charge is 0.245 e. The Balaban J connectivity index is 0.000000158. The van der Waals surface area contributed by atoms with Crippen LogP contribution in [-0.4, -0.2) is 120 Å². The van der Waals surface area contributed by atoms with E-state index in [-0.39, 0.29) is 24.3 Å². The lowest BCUT2D eigenvalue weighted by Crippen LogP contribution is -2.57. The van der Waals surface area contributed by atoms with Crippen LogP contribution in [0.5, 0.6) is 0 Å². The average molecular weight is 1130 g/mol. The standard InChI is InChI=1S/C19H21FN6O.C18H20ClFN6O.C18H21ClN6O/c1-2-7-22-18(27)19(5-3-6-19)26-15-4-8-21-17(25-15)14-11-24-16-13(14)9-12(20)10-23-16;1-3-18(2,17(27)22-7-5-20)26-14-4-6-21-16(25-14)13-10-24-15-12(13)8-11(19)9-23-15;1-4-18(3,17(26)20-5-2)25-14-6-7-21-16(24-14)13-10-23-15-12(13)8-11(19)9-22-15/h4,8-11H,2-3,5-7H2,1H3,(H,22,27)(H,23,24)(H,21,25,26);4,6,8-10H,3,5,7H2,1-2H3,(H,22,27)(H,23,24)(H,21,25,26);6-10H,4-5H2,1-3H3,(H,20,26)(H,22,23)(H,21,24,25)/t;2*18-/m.11/s1. The number of fused-ring (bicyclic) bond motifs is 3. The highest BCUT2D eigenvalue weighted by molar-refractivity contribution is 6.31. The molecule has 25 heteroatoms. The van der Waals surface area contributed by atoms with Crippen molar-refractivity contribution in [1.82, 2.24) is 75.8 Å². The van der Waals surface area contributed by atoms with Crippen LogP contribution in [0.2, 0.25) is 10.0 Å². The highest BCUT2D eigenvalue weighted by atomic mass is 35.5. The number of nitrogens with one attached hydrogen (secondary N) is 9. The zero-order valence-electron chi connectivity index (χ0n) is 45.0. The van der Waals surface area contributed by atoms with E-state index >= 15 is 0 Å². The molecule has 1 aliphatic carbocycles. The monoisotopic (exact) mass is 1130 g/mol. The summed E-state index contributed by atoms with van der Waals surface area (Å²) in [5.41, 5.74) is 1.89. The Kier molecular flexibility index (Phi) is 18.4. The number of likely N-dealkylation sites (N-methyl/N-ethyl adjacent to an activating group) is 1. The molecule has 0 aromatic carbocycles. The van der Waals surface area contributed by atoms with Gasteiger partial charge in [0.2, 0.25) is 17.7 Å². The van der Waals surface area contributed by atoms with Crippen molar-refractivity contribution in [1.29, 1.82) is 0 Å². The van der Waals surface area contributed by atoms with E-state index in [0.29, 0.717) is 98.8 Å². The number of pyridine rings is 3. The number of carbonyl (C=O) groups is 3. The van der Waals surface area contributed by atoms with Crippen LogP contribution < -0.4 is 31.9 Å². The molecule has 0 unspecified atom stereocenters. The van der Waals surface area contributed by atoms with Gasteiger partial charge in [0.1, 0.15) is 63.5 Å². The summed E-state index contributed by atoms with van der Waals surface area (Å²) in [7, 11) is 0. The summed E-state index contributed by atoms with van der Waals surface area (Å²) in [4.78, 5) is 85.6. The molecular weight excluding hydrogens is 1070 g/mol. The maximum Gasteiger partial charge on any atom is 0.245 e. The van der Waals surface area contributed by atoms with Crippen molar-refractivity contribution in [3.63, 3.8) is 0 Å². The van der Waals surface area contributed by atoms with Crippen molar-refractivity contribution in [2.45, 2.75) is 96.7 Å². The number of aromatic nitrogens is 12. The quantitative estimate of drug-likeness (QED) is 0.0364. The summed E-state index contributed by atoms with van der Waals surface area (Å²) in [5, 5.41) is 21.4. The summed E-state index contributed by atoms with van der Waals surface area (Å²) in [6.07, 6.45) is 19.0. The molecule has 9 aromatic heterocycles. The summed E-state index contributed by atoms with van der Waals surface area (Å²) in [5.74, 6) is 2.33. The van der Waals surface area contributed by atoms with E-state index in [9.17, 15) is 23.2 Å². The summed E-state index contributed by atoms with van der Waals surface area (Å²) < 4.78 is 25.9. The molecule has 10 rings (SSSR count). The molecule has 9 aromatic rings. The van der Waals surface area contributed by atoms with Crippen molar-refractivity contribution in [3.8, 4) is 34.2 Å². The van der Waals surface area contributed by atoms with E-state index in [2.05, 4.69) is 91.7 Å². The molecule has 1 saturated carbocycles. The van der Waals surface area contributed by atoms with Gasteiger partial charge in [0, 0.05) is 102 Å². The van der Waals surface area contributed by atoms with Gasteiger partial charge < -0.3 is 46.9 Å². The Morgan fingerprint density at radius 2 is 1.06 bits per heavy atom. The van der Waals surface area contributed by atoms with E-state index in [0.717, 1.165) is 53.8 Å². The highest BCUT2D eigenvalue weighted by Gasteiger charge is 2.44. The Bertz CT molecular complexity index is 3480. The molecule has 21 nitrogen and oxygen atoms in total. The Labute approximate surface area is 469 Å².